The number of aliphatic imine (C=N–C) groups is 1. The van der Waals surface area contributed by atoms with Gasteiger partial charge in [-0.15, -0.1) is 35.3 Å². The van der Waals surface area contributed by atoms with E-state index in [-0.39, 0.29) is 36.4 Å². The molecule has 0 aromatic carbocycles. The fourth-order valence-electron chi connectivity index (χ4n) is 2.29. The first kappa shape index (κ1) is 21.6. The van der Waals surface area contributed by atoms with Crippen LogP contribution in [0.3, 0.4) is 0 Å². The van der Waals surface area contributed by atoms with Crippen LogP contribution in [-0.4, -0.2) is 66.4 Å². The van der Waals surface area contributed by atoms with E-state index >= 15 is 0 Å². The second kappa shape index (κ2) is 11.2. The highest BCUT2D eigenvalue weighted by Gasteiger charge is 2.22. The number of hydrogen-bond acceptors (Lipinski definition) is 4. The van der Waals surface area contributed by atoms with Gasteiger partial charge in [0.15, 0.2) is 5.96 Å². The first-order valence-electron chi connectivity index (χ1n) is 7.97. The summed E-state index contributed by atoms with van der Waals surface area (Å²) in [6.07, 6.45) is 1.16. The van der Waals surface area contributed by atoms with Gasteiger partial charge in [-0.25, -0.2) is 4.99 Å². The summed E-state index contributed by atoms with van der Waals surface area (Å²) in [6.45, 7) is 5.15. The van der Waals surface area contributed by atoms with Gasteiger partial charge in [0, 0.05) is 43.1 Å². The standard InChI is InChI=1S/C16H26N4OS2.HI/c1-4-13-12-20(7-9-23-13)16(18-11-15(21)19(2)3)17-10-14-6-5-8-22-14;/h5-6,8,13H,4,7,9-12H2,1-3H3,(H,17,18);1H. The maximum absolute atomic E-state index is 11.9. The van der Waals surface area contributed by atoms with Crippen molar-refractivity contribution in [3.05, 3.63) is 22.4 Å². The number of rotatable bonds is 5. The predicted molar refractivity (Wildman–Crippen MR) is 116 cm³/mol. The van der Waals surface area contributed by atoms with E-state index in [1.165, 1.54) is 4.88 Å². The molecule has 0 aliphatic carbocycles. The number of amides is 1. The molecule has 1 unspecified atom stereocenters. The molecule has 0 radical (unpaired) electrons. The molecule has 1 N–H and O–H groups in total. The number of thioether (sulfide) groups is 1. The number of nitrogens with one attached hydrogen (secondary N) is 1. The minimum Gasteiger partial charge on any atom is -0.351 e. The lowest BCUT2D eigenvalue weighted by molar-refractivity contribution is -0.127. The molecule has 0 saturated carbocycles. The zero-order valence-corrected chi connectivity index (χ0v) is 18.5. The van der Waals surface area contributed by atoms with Gasteiger partial charge in [0.25, 0.3) is 0 Å². The molecule has 1 aromatic heterocycles. The zero-order valence-electron chi connectivity index (χ0n) is 14.5. The third kappa shape index (κ3) is 6.79. The molecular weight excluding hydrogens is 455 g/mol. The van der Waals surface area contributed by atoms with Crippen LogP contribution in [-0.2, 0) is 11.3 Å². The van der Waals surface area contributed by atoms with E-state index in [1.54, 1.807) is 30.3 Å². The molecule has 1 aromatic rings. The quantitative estimate of drug-likeness (QED) is 0.399. The lowest BCUT2D eigenvalue weighted by Gasteiger charge is -2.34. The molecule has 8 heteroatoms. The lowest BCUT2D eigenvalue weighted by atomic mass is 10.3. The molecule has 1 fully saturated rings. The predicted octanol–water partition coefficient (Wildman–Crippen LogP) is 2.73. The Balaban J connectivity index is 0.00000288. The molecule has 1 amide bonds. The number of carbonyl (C=O) groups excluding carboxylic acids is 1. The van der Waals surface area contributed by atoms with Gasteiger partial charge in [-0.3, -0.25) is 4.79 Å². The normalized spacial score (nSPS) is 18.0. The smallest absolute Gasteiger partial charge is 0.243 e. The van der Waals surface area contributed by atoms with Crippen LogP contribution in [0.4, 0.5) is 0 Å². The van der Waals surface area contributed by atoms with Gasteiger partial charge >= 0.3 is 0 Å². The topological polar surface area (TPSA) is 47.9 Å². The molecule has 136 valence electrons. The third-order valence-electron chi connectivity index (χ3n) is 3.76. The van der Waals surface area contributed by atoms with Gasteiger partial charge in [-0.2, -0.15) is 11.8 Å². The Morgan fingerprint density at radius 1 is 1.50 bits per heavy atom. The number of likely N-dealkylation sites (N-methyl/N-ethyl adjacent to an activating group) is 1. The molecule has 1 atom stereocenters. The van der Waals surface area contributed by atoms with Crippen molar-refractivity contribution in [3.8, 4) is 0 Å². The van der Waals surface area contributed by atoms with Crippen LogP contribution in [0.5, 0.6) is 0 Å². The van der Waals surface area contributed by atoms with Crippen molar-refractivity contribution < 1.29 is 4.79 Å². The van der Waals surface area contributed by atoms with Gasteiger partial charge in [-0.1, -0.05) is 13.0 Å². The molecule has 0 spiro atoms. The number of carbonyl (C=O) groups is 1. The van der Waals surface area contributed by atoms with Crippen molar-refractivity contribution in [2.24, 2.45) is 4.99 Å². The van der Waals surface area contributed by atoms with Crippen LogP contribution in [0, 0.1) is 0 Å². The molecule has 1 saturated heterocycles. The monoisotopic (exact) mass is 482 g/mol. The number of nitrogens with zero attached hydrogens (tertiary/aromatic N) is 3. The number of halogens is 1. The van der Waals surface area contributed by atoms with Crippen LogP contribution in [0.15, 0.2) is 22.5 Å². The fraction of sp³-hybridized carbons (Fsp3) is 0.625. The van der Waals surface area contributed by atoms with Gasteiger partial charge in [0.1, 0.15) is 6.54 Å². The summed E-state index contributed by atoms with van der Waals surface area (Å²) in [5.74, 6) is 1.99. The number of thiophene rings is 1. The van der Waals surface area contributed by atoms with E-state index in [0.29, 0.717) is 5.25 Å². The Kier molecular flexibility index (Phi) is 10.1. The van der Waals surface area contributed by atoms with E-state index in [9.17, 15) is 4.79 Å². The molecule has 1 aliphatic rings. The van der Waals surface area contributed by atoms with Gasteiger partial charge in [0.05, 0.1) is 6.54 Å². The van der Waals surface area contributed by atoms with Crippen LogP contribution in [0.1, 0.15) is 18.2 Å². The largest absolute Gasteiger partial charge is 0.351 e. The minimum absolute atomic E-state index is 0. The van der Waals surface area contributed by atoms with Gasteiger partial charge in [-0.05, 0) is 17.9 Å². The van der Waals surface area contributed by atoms with Crippen LogP contribution < -0.4 is 5.32 Å². The molecule has 24 heavy (non-hydrogen) atoms. The molecule has 0 bridgehead atoms. The van der Waals surface area contributed by atoms with Crippen molar-refractivity contribution in [1.82, 2.24) is 15.1 Å². The van der Waals surface area contributed by atoms with Crippen molar-refractivity contribution >= 4 is 58.9 Å². The van der Waals surface area contributed by atoms with E-state index in [0.717, 1.165) is 37.8 Å². The van der Waals surface area contributed by atoms with Gasteiger partial charge in [0.2, 0.25) is 5.91 Å². The first-order chi connectivity index (χ1) is 11.1. The second-order valence-electron chi connectivity index (χ2n) is 5.71. The maximum Gasteiger partial charge on any atom is 0.243 e. The molecule has 2 rings (SSSR count). The summed E-state index contributed by atoms with van der Waals surface area (Å²) in [5, 5.41) is 6.16. The average molecular weight is 482 g/mol. The van der Waals surface area contributed by atoms with Crippen LogP contribution in [0.25, 0.3) is 0 Å². The Morgan fingerprint density at radius 3 is 2.92 bits per heavy atom. The summed E-state index contributed by atoms with van der Waals surface area (Å²) in [5.41, 5.74) is 0. The van der Waals surface area contributed by atoms with Crippen molar-refractivity contribution in [1.29, 1.82) is 0 Å². The molecule has 2 heterocycles. The number of hydrogen-bond donors (Lipinski definition) is 1. The number of guanidine groups is 1. The summed E-state index contributed by atoms with van der Waals surface area (Å²) >= 11 is 3.76. The van der Waals surface area contributed by atoms with Crippen molar-refractivity contribution in [2.75, 3.05) is 39.5 Å². The summed E-state index contributed by atoms with van der Waals surface area (Å²) in [6, 6.07) is 4.17. The Bertz CT molecular complexity index is 522. The molecule has 5 nitrogen and oxygen atoms in total. The van der Waals surface area contributed by atoms with Crippen LogP contribution >= 0.6 is 47.1 Å². The Morgan fingerprint density at radius 2 is 2.29 bits per heavy atom. The van der Waals surface area contributed by atoms with E-state index in [1.807, 2.05) is 11.8 Å². The summed E-state index contributed by atoms with van der Waals surface area (Å²) in [4.78, 5) is 21.6. The van der Waals surface area contributed by atoms with Crippen molar-refractivity contribution in [2.45, 2.75) is 25.1 Å². The summed E-state index contributed by atoms with van der Waals surface area (Å²) in [7, 11) is 3.53. The fourth-order valence-corrected chi connectivity index (χ4v) is 4.11. The first-order valence-corrected chi connectivity index (χ1v) is 9.90. The van der Waals surface area contributed by atoms with Gasteiger partial charge < -0.3 is 15.1 Å². The highest BCUT2D eigenvalue weighted by atomic mass is 127. The lowest BCUT2D eigenvalue weighted by Crippen LogP contribution is -2.48. The Labute approximate surface area is 170 Å². The Hall–Kier alpha value is -0.480. The minimum atomic E-state index is 0. The molecule has 1 aliphatic heterocycles. The summed E-state index contributed by atoms with van der Waals surface area (Å²) < 4.78 is 0. The average Bonchev–Trinajstić information content (AvgIpc) is 3.08. The van der Waals surface area contributed by atoms with E-state index in [4.69, 9.17) is 0 Å². The second-order valence-corrected chi connectivity index (χ2v) is 8.15. The van der Waals surface area contributed by atoms with Crippen LogP contribution in [0.2, 0.25) is 0 Å². The highest BCUT2D eigenvalue weighted by Crippen LogP contribution is 2.21. The zero-order chi connectivity index (χ0) is 16.7. The van der Waals surface area contributed by atoms with E-state index in [2.05, 4.69) is 39.6 Å². The molecular formula is C16H27IN4OS2. The van der Waals surface area contributed by atoms with E-state index < -0.39 is 0 Å². The SMILES string of the molecule is CCC1CN(C(=NCC(=O)N(C)C)NCc2cccs2)CCS1.I. The third-order valence-corrected chi connectivity index (χ3v) is 6.01. The highest BCUT2D eigenvalue weighted by molar-refractivity contribution is 14.0. The maximum atomic E-state index is 11.9. The van der Waals surface area contributed by atoms with Crippen molar-refractivity contribution in [3.63, 3.8) is 0 Å².